The smallest absolute Gasteiger partial charge is 0.305 e. The Morgan fingerprint density at radius 3 is 1.16 bits per heavy atom. The summed E-state index contributed by atoms with van der Waals surface area (Å²) in [5, 5.41) is 96.8. The molecule has 14 atom stereocenters. The lowest BCUT2D eigenvalue weighted by Crippen LogP contribution is -2.64. The Balaban J connectivity index is 1.47. The van der Waals surface area contributed by atoms with E-state index >= 15 is 0 Å². The summed E-state index contributed by atoms with van der Waals surface area (Å²) in [6.07, 6.45) is 6.98. The van der Waals surface area contributed by atoms with Gasteiger partial charge in [-0.3, -0.25) is 9.59 Å². The summed E-state index contributed by atoms with van der Waals surface area (Å²) < 4.78 is 39.7. The summed E-state index contributed by atoms with van der Waals surface area (Å²) in [6.45, 7) is 1.38. The Hall–Kier alpha value is -1.62. The van der Waals surface area contributed by atoms with E-state index in [9.17, 15) is 55.5 Å². The van der Waals surface area contributed by atoms with Crippen LogP contribution in [-0.4, -0.2) is 170 Å². The lowest BCUT2D eigenvalue weighted by Gasteiger charge is -2.45. The number of hydrogen-bond donors (Lipinski definition) is 9. The SMILES string of the molecule is CCCCCCCCCCCCCCCC(=O)OC[C@H]1O[C@H](O[C@H]2[C@H](O)[C@@H](CO)O[C@@]2(CO)O[C@H]2O[C@H](COC(=O)CCCCCCCCCCCCCCC)[C@@H](O)[C@H](O)[C@H]2O)[C@H](O)[C@@H](O)[C@@H]1O. The number of carbonyl (C=O) groups excluding carboxylic acids is 2. The van der Waals surface area contributed by atoms with Crippen LogP contribution in [0, 0.1) is 0 Å². The van der Waals surface area contributed by atoms with Gasteiger partial charge in [0.15, 0.2) is 12.6 Å². The molecule has 0 aromatic heterocycles. The average molecular weight is 981 g/mol. The van der Waals surface area contributed by atoms with Gasteiger partial charge in [0.1, 0.15) is 87.0 Å². The predicted molar refractivity (Wildman–Crippen MR) is 250 cm³/mol. The van der Waals surface area contributed by atoms with Crippen molar-refractivity contribution in [3.8, 4) is 0 Å². The first-order valence-corrected chi connectivity index (χ1v) is 26.4. The maximum absolute atomic E-state index is 12.6. The largest absolute Gasteiger partial charge is 0.463 e. The van der Waals surface area contributed by atoms with E-state index in [0.29, 0.717) is 12.8 Å². The maximum atomic E-state index is 12.6. The first-order valence-electron chi connectivity index (χ1n) is 26.4. The highest BCUT2D eigenvalue weighted by Gasteiger charge is 2.61. The molecule has 0 aromatic rings. The molecule has 3 heterocycles. The highest BCUT2D eigenvalue weighted by Crippen LogP contribution is 2.40. The van der Waals surface area contributed by atoms with Crippen LogP contribution in [0.1, 0.15) is 194 Å². The number of aliphatic hydroxyl groups is 9. The Kier molecular flexibility index (Phi) is 31.0. The molecule has 3 rings (SSSR count). The second-order valence-corrected chi connectivity index (χ2v) is 19.4. The van der Waals surface area contributed by atoms with Crippen molar-refractivity contribution in [2.45, 2.75) is 279 Å². The number of carbonyl (C=O) groups is 2. The second-order valence-electron chi connectivity index (χ2n) is 19.4. The molecular formula is C50H92O18. The standard InChI is InChI=1S/C50H92O18/c1-3-5-7-9-11-13-15-17-19-21-23-25-27-29-38(53)62-32-36-40(55)43(58)45(60)48(64-36)66-47-42(57)35(31-51)67-50(47,34-52)68-49-46(61)44(59)41(56)37(65-49)33-63-39(54)30-28-26-24-22-20-18-16-14-12-10-8-6-4-2/h35-37,40-49,51-52,55-61H,3-34H2,1-2H3/t35-,36-,37-,40-,41-,42-,43+,44+,45-,46-,47+,48-,49-,50+/m1/s1. The Morgan fingerprint density at radius 2 is 0.794 bits per heavy atom. The molecular weight excluding hydrogens is 889 g/mol. The maximum Gasteiger partial charge on any atom is 0.305 e. The fraction of sp³-hybridized carbons (Fsp3) is 0.960. The van der Waals surface area contributed by atoms with E-state index in [1.807, 2.05) is 0 Å². The van der Waals surface area contributed by atoms with Gasteiger partial charge in [-0.1, -0.05) is 168 Å². The van der Waals surface area contributed by atoms with Crippen molar-refractivity contribution in [3.05, 3.63) is 0 Å². The van der Waals surface area contributed by atoms with Crippen molar-refractivity contribution in [3.63, 3.8) is 0 Å². The molecule has 0 radical (unpaired) electrons. The number of unbranched alkanes of at least 4 members (excludes halogenated alkanes) is 24. The van der Waals surface area contributed by atoms with Crippen LogP contribution in [0.4, 0.5) is 0 Å². The van der Waals surface area contributed by atoms with Gasteiger partial charge in [0, 0.05) is 12.8 Å². The molecule has 18 nitrogen and oxygen atoms in total. The first-order chi connectivity index (χ1) is 32.8. The highest BCUT2D eigenvalue weighted by atomic mass is 16.8. The fourth-order valence-corrected chi connectivity index (χ4v) is 9.16. The molecule has 3 aliphatic rings. The van der Waals surface area contributed by atoms with Gasteiger partial charge in [-0.25, -0.2) is 0 Å². The lowest BCUT2D eigenvalue weighted by atomic mass is 9.98. The molecule has 0 saturated carbocycles. The van der Waals surface area contributed by atoms with E-state index < -0.39 is 124 Å². The summed E-state index contributed by atoms with van der Waals surface area (Å²) in [6, 6.07) is 0. The Morgan fingerprint density at radius 1 is 0.441 bits per heavy atom. The summed E-state index contributed by atoms with van der Waals surface area (Å²) in [5.74, 6) is -3.63. The van der Waals surface area contributed by atoms with Gasteiger partial charge in [-0.15, -0.1) is 0 Å². The quantitative estimate of drug-likeness (QED) is 0.0304. The van der Waals surface area contributed by atoms with Crippen LogP contribution < -0.4 is 0 Å². The zero-order chi connectivity index (χ0) is 49.7. The third-order valence-electron chi connectivity index (χ3n) is 13.6. The minimum Gasteiger partial charge on any atom is -0.463 e. The van der Waals surface area contributed by atoms with Gasteiger partial charge in [0.25, 0.3) is 0 Å². The minimum absolute atomic E-state index is 0.121. The van der Waals surface area contributed by atoms with E-state index in [1.165, 1.54) is 103 Å². The van der Waals surface area contributed by atoms with Crippen LogP contribution >= 0.6 is 0 Å². The van der Waals surface area contributed by atoms with Gasteiger partial charge in [-0.2, -0.15) is 0 Å². The molecule has 3 saturated heterocycles. The summed E-state index contributed by atoms with van der Waals surface area (Å²) in [5.41, 5.74) is 0. The average Bonchev–Trinajstić information content (AvgIpc) is 3.60. The number of aliphatic hydroxyl groups excluding tert-OH is 9. The molecule has 0 amide bonds. The van der Waals surface area contributed by atoms with Gasteiger partial charge < -0.3 is 79.1 Å². The van der Waals surface area contributed by atoms with Crippen LogP contribution in [0.5, 0.6) is 0 Å². The second kappa shape index (κ2) is 34.7. The van der Waals surface area contributed by atoms with Crippen LogP contribution in [0.15, 0.2) is 0 Å². The predicted octanol–water partition coefficient (Wildman–Crippen LogP) is 4.49. The third kappa shape index (κ3) is 20.8. The van der Waals surface area contributed by atoms with E-state index in [1.54, 1.807) is 0 Å². The fourth-order valence-electron chi connectivity index (χ4n) is 9.16. The van der Waals surface area contributed by atoms with Crippen molar-refractivity contribution in [1.82, 2.24) is 0 Å². The molecule has 3 fully saturated rings. The van der Waals surface area contributed by atoms with Crippen LogP contribution in [0.25, 0.3) is 0 Å². The normalized spacial score (nSPS) is 31.8. The molecule has 0 aliphatic carbocycles. The van der Waals surface area contributed by atoms with Gasteiger partial charge in [-0.05, 0) is 12.8 Å². The molecule has 9 N–H and O–H groups in total. The van der Waals surface area contributed by atoms with E-state index in [0.717, 1.165) is 51.4 Å². The molecule has 18 heteroatoms. The van der Waals surface area contributed by atoms with Crippen molar-refractivity contribution >= 4 is 11.9 Å². The van der Waals surface area contributed by atoms with Crippen molar-refractivity contribution < 1.29 is 88.7 Å². The van der Waals surface area contributed by atoms with Crippen molar-refractivity contribution in [2.75, 3.05) is 26.4 Å². The van der Waals surface area contributed by atoms with E-state index in [4.69, 9.17) is 33.2 Å². The molecule has 0 aromatic carbocycles. The lowest BCUT2D eigenvalue weighted by molar-refractivity contribution is -0.400. The zero-order valence-electron chi connectivity index (χ0n) is 41.3. The van der Waals surface area contributed by atoms with Gasteiger partial charge >= 0.3 is 11.9 Å². The van der Waals surface area contributed by atoms with Crippen LogP contribution in [-0.2, 0) is 42.7 Å². The molecule has 0 bridgehead atoms. The molecule has 0 spiro atoms. The molecule has 68 heavy (non-hydrogen) atoms. The molecule has 3 aliphatic heterocycles. The van der Waals surface area contributed by atoms with E-state index in [-0.39, 0.29) is 12.8 Å². The number of rotatable bonds is 38. The summed E-state index contributed by atoms with van der Waals surface area (Å²) >= 11 is 0. The molecule has 0 unspecified atom stereocenters. The monoisotopic (exact) mass is 981 g/mol. The first kappa shape index (κ1) is 60.7. The third-order valence-corrected chi connectivity index (χ3v) is 13.6. The summed E-state index contributed by atoms with van der Waals surface area (Å²) in [4.78, 5) is 25.2. The van der Waals surface area contributed by atoms with Crippen LogP contribution in [0.2, 0.25) is 0 Å². The Labute approximate surface area is 405 Å². The molecule has 400 valence electrons. The van der Waals surface area contributed by atoms with Crippen molar-refractivity contribution in [1.29, 1.82) is 0 Å². The minimum atomic E-state index is -2.52. The number of ether oxygens (including phenoxy) is 7. The van der Waals surface area contributed by atoms with Gasteiger partial charge in [0.05, 0.1) is 6.61 Å². The topological polar surface area (TPSA) is 281 Å². The summed E-state index contributed by atoms with van der Waals surface area (Å²) in [7, 11) is 0. The van der Waals surface area contributed by atoms with Crippen molar-refractivity contribution in [2.24, 2.45) is 0 Å². The highest BCUT2D eigenvalue weighted by molar-refractivity contribution is 5.69. The van der Waals surface area contributed by atoms with Gasteiger partial charge in [0.2, 0.25) is 5.79 Å². The number of esters is 2. The number of hydrogen-bond acceptors (Lipinski definition) is 18. The van der Waals surface area contributed by atoms with E-state index in [2.05, 4.69) is 13.8 Å². The van der Waals surface area contributed by atoms with Crippen LogP contribution in [0.3, 0.4) is 0 Å². The Bertz CT molecular complexity index is 1310. The zero-order valence-corrected chi connectivity index (χ0v) is 41.3.